The number of hydrogen-bond acceptors (Lipinski definition) is 2. The largest absolute Gasteiger partial charge is 0.318 e. The fourth-order valence-electron chi connectivity index (χ4n) is 1.76. The van der Waals surface area contributed by atoms with Crippen molar-refractivity contribution in [3.8, 4) is 0 Å². The monoisotopic (exact) mass is 234 g/mol. The predicted molar refractivity (Wildman–Crippen MR) is 75.5 cm³/mol. The van der Waals surface area contributed by atoms with Gasteiger partial charge >= 0.3 is 0 Å². The fraction of sp³-hybridized carbons (Fsp3) is 0.600. The average molecular weight is 234 g/mol. The van der Waals surface area contributed by atoms with Crippen LogP contribution in [0.25, 0.3) is 0 Å². The first kappa shape index (κ1) is 14.2. The van der Waals surface area contributed by atoms with Gasteiger partial charge in [-0.1, -0.05) is 39.0 Å². The van der Waals surface area contributed by atoms with E-state index in [9.17, 15) is 0 Å². The van der Waals surface area contributed by atoms with Gasteiger partial charge in [-0.25, -0.2) is 0 Å². The lowest BCUT2D eigenvalue weighted by atomic mass is 9.85. The summed E-state index contributed by atoms with van der Waals surface area (Å²) in [7, 11) is 1.98. The molecule has 0 radical (unpaired) electrons. The molecule has 0 heterocycles. The first-order valence-electron chi connectivity index (χ1n) is 6.40. The van der Waals surface area contributed by atoms with Crippen molar-refractivity contribution >= 4 is 0 Å². The van der Waals surface area contributed by atoms with Crippen molar-refractivity contribution in [3.63, 3.8) is 0 Å². The van der Waals surface area contributed by atoms with Crippen LogP contribution in [-0.4, -0.2) is 20.1 Å². The van der Waals surface area contributed by atoms with Crippen LogP contribution in [0.1, 0.15) is 37.5 Å². The zero-order valence-electron chi connectivity index (χ0n) is 11.9. The Balaban J connectivity index is 2.70. The van der Waals surface area contributed by atoms with Crippen LogP contribution in [0, 0.1) is 6.92 Å². The molecule has 1 rings (SSSR count). The molecule has 0 unspecified atom stereocenters. The SMILES string of the molecule is CNCCNCc1cc(C(C)(C)C)ccc1C. The third-order valence-electron chi connectivity index (χ3n) is 3.08. The second kappa shape index (κ2) is 6.18. The molecule has 0 bridgehead atoms. The molecule has 0 amide bonds. The van der Waals surface area contributed by atoms with Crippen LogP contribution < -0.4 is 10.6 Å². The van der Waals surface area contributed by atoms with Crippen molar-refractivity contribution in [2.24, 2.45) is 0 Å². The van der Waals surface area contributed by atoms with Crippen molar-refractivity contribution < 1.29 is 0 Å². The summed E-state index contributed by atoms with van der Waals surface area (Å²) in [6.45, 7) is 11.9. The van der Waals surface area contributed by atoms with E-state index in [-0.39, 0.29) is 5.41 Å². The molecule has 0 aliphatic carbocycles. The highest BCUT2D eigenvalue weighted by Gasteiger charge is 2.14. The topological polar surface area (TPSA) is 24.1 Å². The third kappa shape index (κ3) is 4.49. The molecule has 0 saturated carbocycles. The Morgan fingerprint density at radius 1 is 1.12 bits per heavy atom. The summed E-state index contributed by atoms with van der Waals surface area (Å²) in [6, 6.07) is 6.81. The summed E-state index contributed by atoms with van der Waals surface area (Å²) in [5.74, 6) is 0. The summed E-state index contributed by atoms with van der Waals surface area (Å²) in [5.41, 5.74) is 4.42. The van der Waals surface area contributed by atoms with E-state index in [0.717, 1.165) is 19.6 Å². The molecule has 1 aromatic carbocycles. The normalized spacial score (nSPS) is 11.8. The standard InChI is InChI=1S/C15H26N2/c1-12-6-7-14(15(2,3)4)10-13(12)11-17-9-8-16-5/h6-7,10,16-17H,8-9,11H2,1-5H3. The first-order chi connectivity index (χ1) is 7.95. The second-order valence-electron chi connectivity index (χ2n) is 5.67. The number of hydrogen-bond donors (Lipinski definition) is 2. The molecule has 0 aliphatic heterocycles. The molecule has 0 saturated heterocycles. The van der Waals surface area contributed by atoms with E-state index in [1.165, 1.54) is 16.7 Å². The quantitative estimate of drug-likeness (QED) is 0.765. The number of benzene rings is 1. The smallest absolute Gasteiger partial charge is 0.0208 e. The number of likely N-dealkylation sites (N-methyl/N-ethyl adjacent to an activating group) is 1. The molecule has 96 valence electrons. The van der Waals surface area contributed by atoms with Crippen LogP contribution in [-0.2, 0) is 12.0 Å². The molecule has 0 fully saturated rings. The maximum atomic E-state index is 3.46. The lowest BCUT2D eigenvalue weighted by Gasteiger charge is -2.21. The fourth-order valence-corrected chi connectivity index (χ4v) is 1.76. The number of aryl methyl sites for hydroxylation is 1. The average Bonchev–Trinajstić information content (AvgIpc) is 2.25. The Morgan fingerprint density at radius 2 is 1.82 bits per heavy atom. The van der Waals surface area contributed by atoms with Crippen LogP contribution in [0.15, 0.2) is 18.2 Å². The van der Waals surface area contributed by atoms with E-state index < -0.39 is 0 Å². The van der Waals surface area contributed by atoms with Gasteiger partial charge < -0.3 is 10.6 Å². The Bertz CT molecular complexity index is 350. The van der Waals surface area contributed by atoms with E-state index >= 15 is 0 Å². The lowest BCUT2D eigenvalue weighted by molar-refractivity contribution is 0.587. The van der Waals surface area contributed by atoms with E-state index in [4.69, 9.17) is 0 Å². The molecule has 17 heavy (non-hydrogen) atoms. The highest BCUT2D eigenvalue weighted by atomic mass is 14.9. The van der Waals surface area contributed by atoms with E-state index in [2.05, 4.69) is 56.5 Å². The highest BCUT2D eigenvalue weighted by Crippen LogP contribution is 2.24. The molecule has 2 N–H and O–H groups in total. The maximum absolute atomic E-state index is 3.46. The lowest BCUT2D eigenvalue weighted by Crippen LogP contribution is -2.25. The van der Waals surface area contributed by atoms with Gasteiger partial charge in [-0.15, -0.1) is 0 Å². The minimum atomic E-state index is 0.230. The zero-order chi connectivity index (χ0) is 12.9. The Kier molecular flexibility index (Phi) is 5.16. The minimum Gasteiger partial charge on any atom is -0.318 e. The van der Waals surface area contributed by atoms with Crippen LogP contribution >= 0.6 is 0 Å². The van der Waals surface area contributed by atoms with Gasteiger partial charge in [0.05, 0.1) is 0 Å². The van der Waals surface area contributed by atoms with Gasteiger partial charge in [0.15, 0.2) is 0 Å². The van der Waals surface area contributed by atoms with Crippen LogP contribution in [0.5, 0.6) is 0 Å². The van der Waals surface area contributed by atoms with Gasteiger partial charge in [0.2, 0.25) is 0 Å². The second-order valence-corrected chi connectivity index (χ2v) is 5.67. The molecule has 2 nitrogen and oxygen atoms in total. The molecular weight excluding hydrogens is 208 g/mol. The molecule has 0 atom stereocenters. The summed E-state index contributed by atoms with van der Waals surface area (Å²) in [6.07, 6.45) is 0. The molecular formula is C15H26N2. The zero-order valence-corrected chi connectivity index (χ0v) is 11.9. The van der Waals surface area contributed by atoms with Crippen molar-refractivity contribution in [2.45, 2.75) is 39.7 Å². The van der Waals surface area contributed by atoms with Crippen molar-refractivity contribution in [1.29, 1.82) is 0 Å². The predicted octanol–water partition coefficient (Wildman–Crippen LogP) is 2.60. The van der Waals surface area contributed by atoms with Gasteiger partial charge in [0.1, 0.15) is 0 Å². The number of rotatable bonds is 5. The summed E-state index contributed by atoms with van der Waals surface area (Å²) >= 11 is 0. The molecule has 0 spiro atoms. The Morgan fingerprint density at radius 3 is 2.41 bits per heavy atom. The maximum Gasteiger partial charge on any atom is 0.0208 e. The third-order valence-corrected chi connectivity index (χ3v) is 3.08. The van der Waals surface area contributed by atoms with Gasteiger partial charge in [0, 0.05) is 19.6 Å². The van der Waals surface area contributed by atoms with Crippen molar-refractivity contribution in [3.05, 3.63) is 34.9 Å². The van der Waals surface area contributed by atoms with Gasteiger partial charge in [-0.2, -0.15) is 0 Å². The van der Waals surface area contributed by atoms with E-state index in [0.29, 0.717) is 0 Å². The summed E-state index contributed by atoms with van der Waals surface area (Å²) < 4.78 is 0. The van der Waals surface area contributed by atoms with Gasteiger partial charge in [0.25, 0.3) is 0 Å². The summed E-state index contributed by atoms with van der Waals surface area (Å²) in [4.78, 5) is 0. The van der Waals surface area contributed by atoms with Crippen molar-refractivity contribution in [2.75, 3.05) is 20.1 Å². The highest BCUT2D eigenvalue weighted by molar-refractivity contribution is 5.34. The van der Waals surface area contributed by atoms with Gasteiger partial charge in [-0.05, 0) is 36.1 Å². The Labute approximate surface area is 106 Å². The van der Waals surface area contributed by atoms with Crippen LogP contribution in [0.2, 0.25) is 0 Å². The van der Waals surface area contributed by atoms with Crippen LogP contribution in [0.4, 0.5) is 0 Å². The molecule has 0 aliphatic rings. The first-order valence-corrected chi connectivity index (χ1v) is 6.40. The van der Waals surface area contributed by atoms with Gasteiger partial charge in [-0.3, -0.25) is 0 Å². The number of nitrogens with one attached hydrogen (secondary N) is 2. The van der Waals surface area contributed by atoms with Crippen molar-refractivity contribution in [1.82, 2.24) is 10.6 Å². The van der Waals surface area contributed by atoms with Crippen LogP contribution in [0.3, 0.4) is 0 Å². The molecule has 2 heteroatoms. The summed E-state index contributed by atoms with van der Waals surface area (Å²) in [5, 5.41) is 6.60. The minimum absolute atomic E-state index is 0.230. The Hall–Kier alpha value is -0.860. The molecule has 1 aromatic rings. The molecule has 0 aromatic heterocycles. The van der Waals surface area contributed by atoms with E-state index in [1.807, 2.05) is 7.05 Å². The van der Waals surface area contributed by atoms with E-state index in [1.54, 1.807) is 0 Å².